The lowest BCUT2D eigenvalue weighted by molar-refractivity contribution is 0.170. The van der Waals surface area contributed by atoms with Crippen molar-refractivity contribution < 1.29 is 9.57 Å². The zero-order chi connectivity index (χ0) is 7.40. The lowest BCUT2D eigenvalue weighted by Gasteiger charge is -2.04. The highest BCUT2D eigenvalue weighted by molar-refractivity contribution is 5.76. The molecule has 0 fully saturated rings. The maximum Gasteiger partial charge on any atom is 0.230 e. The fraction of sp³-hybridized carbons (Fsp3) is 0.571. The molecule has 0 amide bonds. The van der Waals surface area contributed by atoms with Crippen molar-refractivity contribution in [3.05, 3.63) is 0 Å². The Kier molecular flexibility index (Phi) is 2.16. The SMILES string of the molecule is C#CC(C)OC1=NOCC1. The fourth-order valence-electron chi connectivity index (χ4n) is 0.615. The van der Waals surface area contributed by atoms with Crippen LogP contribution in [0, 0.1) is 12.3 Å². The first-order chi connectivity index (χ1) is 4.83. The molecule has 0 saturated heterocycles. The van der Waals surface area contributed by atoms with E-state index in [1.807, 2.05) is 0 Å². The van der Waals surface area contributed by atoms with Gasteiger partial charge in [-0.25, -0.2) is 0 Å². The van der Waals surface area contributed by atoms with E-state index in [-0.39, 0.29) is 6.10 Å². The molecule has 1 aliphatic heterocycles. The highest BCUT2D eigenvalue weighted by Crippen LogP contribution is 2.03. The maximum atomic E-state index is 5.15. The Morgan fingerprint density at radius 2 is 2.70 bits per heavy atom. The Balaban J connectivity index is 2.32. The minimum absolute atomic E-state index is 0.208. The third kappa shape index (κ3) is 1.66. The van der Waals surface area contributed by atoms with Crippen molar-refractivity contribution in [3.63, 3.8) is 0 Å². The van der Waals surface area contributed by atoms with Crippen molar-refractivity contribution in [3.8, 4) is 12.3 Å². The molecule has 0 bridgehead atoms. The lowest BCUT2D eigenvalue weighted by Crippen LogP contribution is -2.10. The van der Waals surface area contributed by atoms with Crippen molar-refractivity contribution in [2.24, 2.45) is 5.16 Å². The van der Waals surface area contributed by atoms with E-state index in [9.17, 15) is 0 Å². The molecule has 1 unspecified atom stereocenters. The first-order valence-corrected chi connectivity index (χ1v) is 3.14. The molecule has 1 atom stereocenters. The Labute approximate surface area is 60.0 Å². The molecule has 0 radical (unpaired) electrons. The van der Waals surface area contributed by atoms with Gasteiger partial charge in [0.15, 0.2) is 6.10 Å². The number of terminal acetylenes is 1. The van der Waals surface area contributed by atoms with Gasteiger partial charge in [-0.1, -0.05) is 11.1 Å². The molecule has 1 rings (SSSR count). The average molecular weight is 139 g/mol. The second kappa shape index (κ2) is 3.11. The topological polar surface area (TPSA) is 30.8 Å². The predicted octanol–water partition coefficient (Wildman–Crippen LogP) is 0.759. The molecule has 0 spiro atoms. The summed E-state index contributed by atoms with van der Waals surface area (Å²) in [6, 6.07) is 0. The second-order valence-corrected chi connectivity index (χ2v) is 1.99. The van der Waals surface area contributed by atoms with E-state index in [2.05, 4.69) is 11.1 Å². The van der Waals surface area contributed by atoms with Crippen LogP contribution in [0.3, 0.4) is 0 Å². The predicted molar refractivity (Wildman–Crippen MR) is 37.4 cm³/mol. The van der Waals surface area contributed by atoms with Crippen molar-refractivity contribution in [1.29, 1.82) is 0 Å². The number of nitrogens with zero attached hydrogens (tertiary/aromatic N) is 1. The molecular formula is C7H9NO2. The van der Waals surface area contributed by atoms with Gasteiger partial charge < -0.3 is 9.57 Å². The summed E-state index contributed by atoms with van der Waals surface area (Å²) in [6.07, 6.45) is 5.60. The summed E-state index contributed by atoms with van der Waals surface area (Å²) in [5.41, 5.74) is 0. The van der Waals surface area contributed by atoms with Crippen LogP contribution < -0.4 is 0 Å². The summed E-state index contributed by atoms with van der Waals surface area (Å²) in [6.45, 7) is 2.40. The van der Waals surface area contributed by atoms with Crippen molar-refractivity contribution >= 4 is 5.90 Å². The zero-order valence-corrected chi connectivity index (χ0v) is 5.83. The molecule has 3 heteroatoms. The molecule has 0 saturated carbocycles. The highest BCUT2D eigenvalue weighted by atomic mass is 16.7. The van der Waals surface area contributed by atoms with Crippen molar-refractivity contribution in [2.75, 3.05) is 6.61 Å². The van der Waals surface area contributed by atoms with Gasteiger partial charge in [0.05, 0.1) is 6.42 Å². The second-order valence-electron chi connectivity index (χ2n) is 1.99. The number of ether oxygens (including phenoxy) is 1. The van der Waals surface area contributed by atoms with Crippen LogP contribution in [-0.2, 0) is 9.57 Å². The normalized spacial score (nSPS) is 18.6. The molecule has 1 aliphatic rings. The molecular weight excluding hydrogens is 130 g/mol. The summed E-state index contributed by atoms with van der Waals surface area (Å²) in [5.74, 6) is 3.04. The van der Waals surface area contributed by atoms with Crippen LogP contribution in [0.15, 0.2) is 5.16 Å². The summed E-state index contributed by atoms with van der Waals surface area (Å²) in [7, 11) is 0. The first kappa shape index (κ1) is 6.94. The van der Waals surface area contributed by atoms with E-state index in [4.69, 9.17) is 16.0 Å². The largest absolute Gasteiger partial charge is 0.462 e. The Morgan fingerprint density at radius 1 is 1.90 bits per heavy atom. The van der Waals surface area contributed by atoms with Crippen LogP contribution in [0.2, 0.25) is 0 Å². The Hall–Kier alpha value is -1.17. The van der Waals surface area contributed by atoms with Crippen LogP contribution in [0.5, 0.6) is 0 Å². The van der Waals surface area contributed by atoms with Gasteiger partial charge in [0.25, 0.3) is 0 Å². The third-order valence-corrected chi connectivity index (χ3v) is 1.12. The van der Waals surface area contributed by atoms with Crippen LogP contribution in [-0.4, -0.2) is 18.6 Å². The van der Waals surface area contributed by atoms with Gasteiger partial charge in [-0.2, -0.15) is 0 Å². The molecule has 0 aromatic carbocycles. The van der Waals surface area contributed by atoms with Gasteiger partial charge >= 0.3 is 0 Å². The fourth-order valence-corrected chi connectivity index (χ4v) is 0.615. The number of rotatable bonds is 1. The van der Waals surface area contributed by atoms with Crippen LogP contribution in [0.1, 0.15) is 13.3 Å². The number of hydrogen-bond donors (Lipinski definition) is 0. The van der Waals surface area contributed by atoms with Crippen LogP contribution in [0.25, 0.3) is 0 Å². The molecule has 54 valence electrons. The van der Waals surface area contributed by atoms with Gasteiger partial charge in [-0.15, -0.1) is 6.42 Å². The Bertz CT molecular complexity index is 181. The van der Waals surface area contributed by atoms with Crippen molar-refractivity contribution in [2.45, 2.75) is 19.4 Å². The molecule has 0 aromatic heterocycles. The van der Waals surface area contributed by atoms with E-state index in [1.165, 1.54) is 0 Å². The quantitative estimate of drug-likeness (QED) is 0.502. The minimum atomic E-state index is -0.208. The van der Waals surface area contributed by atoms with Gasteiger partial charge in [0.1, 0.15) is 6.61 Å². The summed E-state index contributed by atoms with van der Waals surface area (Å²) in [4.78, 5) is 4.70. The maximum absolute atomic E-state index is 5.15. The van der Waals surface area contributed by atoms with Gasteiger partial charge in [-0.05, 0) is 6.92 Å². The van der Waals surface area contributed by atoms with E-state index in [0.717, 1.165) is 6.42 Å². The standard InChI is InChI=1S/C7H9NO2/c1-3-6(2)10-7-4-5-9-8-7/h1,6H,4-5H2,2H3. The molecule has 0 aliphatic carbocycles. The van der Waals surface area contributed by atoms with Gasteiger partial charge in [-0.3, -0.25) is 0 Å². The average Bonchev–Trinajstić information content (AvgIpc) is 2.40. The van der Waals surface area contributed by atoms with Crippen LogP contribution >= 0.6 is 0 Å². The molecule has 0 N–H and O–H groups in total. The van der Waals surface area contributed by atoms with Gasteiger partial charge in [0, 0.05) is 0 Å². The lowest BCUT2D eigenvalue weighted by atomic mass is 10.4. The van der Waals surface area contributed by atoms with E-state index in [0.29, 0.717) is 12.5 Å². The number of oxime groups is 1. The zero-order valence-electron chi connectivity index (χ0n) is 5.83. The van der Waals surface area contributed by atoms with Crippen LogP contribution in [0.4, 0.5) is 0 Å². The summed E-state index contributed by atoms with van der Waals surface area (Å²) in [5, 5.41) is 3.62. The first-order valence-electron chi connectivity index (χ1n) is 3.14. The van der Waals surface area contributed by atoms with E-state index >= 15 is 0 Å². The van der Waals surface area contributed by atoms with E-state index in [1.54, 1.807) is 6.92 Å². The molecule has 10 heavy (non-hydrogen) atoms. The highest BCUT2D eigenvalue weighted by Gasteiger charge is 2.10. The van der Waals surface area contributed by atoms with Crippen molar-refractivity contribution in [1.82, 2.24) is 0 Å². The summed E-state index contributed by atoms with van der Waals surface area (Å²) < 4.78 is 5.15. The van der Waals surface area contributed by atoms with Gasteiger partial charge in [0.2, 0.25) is 5.90 Å². The molecule has 1 heterocycles. The van der Waals surface area contributed by atoms with E-state index < -0.39 is 0 Å². The smallest absolute Gasteiger partial charge is 0.230 e. The third-order valence-electron chi connectivity index (χ3n) is 1.12. The monoisotopic (exact) mass is 139 g/mol. The summed E-state index contributed by atoms with van der Waals surface area (Å²) >= 11 is 0. The number of hydrogen-bond acceptors (Lipinski definition) is 3. The molecule has 3 nitrogen and oxygen atoms in total. The Morgan fingerprint density at radius 3 is 3.20 bits per heavy atom. The molecule has 0 aromatic rings. The minimum Gasteiger partial charge on any atom is -0.462 e.